The predicted octanol–water partition coefficient (Wildman–Crippen LogP) is 2.23. The van der Waals surface area contributed by atoms with Crippen LogP contribution >= 0.6 is 0 Å². The first-order valence-corrected chi connectivity index (χ1v) is 8.59. The Hall–Kier alpha value is -1.75. The molecule has 1 aromatic carbocycles. The summed E-state index contributed by atoms with van der Waals surface area (Å²) < 4.78 is 5.39. The van der Waals surface area contributed by atoms with Crippen LogP contribution in [0.4, 0.5) is 0 Å². The molecule has 1 aromatic rings. The molecular formula is C18H30N4O. The molecule has 2 rings (SSSR count). The monoisotopic (exact) mass is 318 g/mol. The first-order valence-electron chi connectivity index (χ1n) is 8.59. The topological polar surface area (TPSA) is 48.9 Å². The molecule has 2 N–H and O–H groups in total. The molecule has 0 bridgehead atoms. The number of likely N-dealkylation sites (tertiary alicyclic amines) is 1. The number of aliphatic imine (C=N–C) groups is 1. The van der Waals surface area contributed by atoms with E-state index in [0.717, 1.165) is 30.4 Å². The number of methoxy groups -OCH3 is 1. The SMILES string of the molecule is CCN1CCCCC1CNC(=NC)NCc1ccccc1OC. The van der Waals surface area contributed by atoms with Crippen LogP contribution in [0.25, 0.3) is 0 Å². The second-order valence-electron chi connectivity index (χ2n) is 5.90. The summed E-state index contributed by atoms with van der Waals surface area (Å²) >= 11 is 0. The van der Waals surface area contributed by atoms with E-state index in [0.29, 0.717) is 12.6 Å². The quantitative estimate of drug-likeness (QED) is 0.624. The van der Waals surface area contributed by atoms with Gasteiger partial charge in [0.05, 0.1) is 7.11 Å². The van der Waals surface area contributed by atoms with Crippen molar-refractivity contribution in [2.24, 2.45) is 4.99 Å². The van der Waals surface area contributed by atoms with Crippen LogP contribution in [0.1, 0.15) is 31.7 Å². The lowest BCUT2D eigenvalue weighted by molar-refractivity contribution is 0.157. The van der Waals surface area contributed by atoms with Gasteiger partial charge in [-0.3, -0.25) is 9.89 Å². The van der Waals surface area contributed by atoms with E-state index in [1.807, 2.05) is 25.2 Å². The molecule has 0 radical (unpaired) electrons. The Morgan fingerprint density at radius 2 is 2.13 bits per heavy atom. The summed E-state index contributed by atoms with van der Waals surface area (Å²) in [7, 11) is 3.52. The number of hydrogen-bond donors (Lipinski definition) is 2. The van der Waals surface area contributed by atoms with Gasteiger partial charge >= 0.3 is 0 Å². The molecule has 5 heteroatoms. The van der Waals surface area contributed by atoms with E-state index in [4.69, 9.17) is 4.74 Å². The van der Waals surface area contributed by atoms with Crippen LogP contribution in [-0.2, 0) is 6.54 Å². The van der Waals surface area contributed by atoms with Gasteiger partial charge in [-0.15, -0.1) is 0 Å². The highest BCUT2D eigenvalue weighted by Crippen LogP contribution is 2.17. The van der Waals surface area contributed by atoms with Gasteiger partial charge in [-0.2, -0.15) is 0 Å². The Morgan fingerprint density at radius 3 is 2.87 bits per heavy atom. The number of hydrogen-bond acceptors (Lipinski definition) is 3. The normalized spacial score (nSPS) is 19.4. The van der Waals surface area contributed by atoms with Crippen LogP contribution in [-0.4, -0.2) is 50.7 Å². The van der Waals surface area contributed by atoms with Gasteiger partial charge in [-0.1, -0.05) is 31.5 Å². The van der Waals surface area contributed by atoms with Crippen molar-refractivity contribution in [2.45, 2.75) is 38.8 Å². The van der Waals surface area contributed by atoms with E-state index in [-0.39, 0.29) is 0 Å². The third-order valence-electron chi connectivity index (χ3n) is 4.52. The molecule has 23 heavy (non-hydrogen) atoms. The average Bonchev–Trinajstić information content (AvgIpc) is 2.62. The van der Waals surface area contributed by atoms with Crippen molar-refractivity contribution in [2.75, 3.05) is 33.8 Å². The summed E-state index contributed by atoms with van der Waals surface area (Å²) in [5, 5.41) is 6.84. The Kier molecular flexibility index (Phi) is 7.20. The van der Waals surface area contributed by atoms with Gasteiger partial charge in [0.25, 0.3) is 0 Å². The maximum atomic E-state index is 5.39. The molecule has 1 unspecified atom stereocenters. The standard InChI is InChI=1S/C18H30N4O/c1-4-22-12-8-7-10-16(22)14-21-18(19-2)20-13-15-9-5-6-11-17(15)23-3/h5-6,9,11,16H,4,7-8,10,12-14H2,1-3H3,(H2,19,20,21). The molecule has 1 aliphatic rings. The number of para-hydroxylation sites is 1. The average molecular weight is 318 g/mol. The fourth-order valence-electron chi connectivity index (χ4n) is 3.17. The van der Waals surface area contributed by atoms with Crippen molar-refractivity contribution in [3.63, 3.8) is 0 Å². The highest BCUT2D eigenvalue weighted by atomic mass is 16.5. The summed E-state index contributed by atoms with van der Waals surface area (Å²) in [6, 6.07) is 8.67. The summed E-state index contributed by atoms with van der Waals surface area (Å²) in [4.78, 5) is 6.89. The maximum Gasteiger partial charge on any atom is 0.191 e. The minimum Gasteiger partial charge on any atom is -0.496 e. The lowest BCUT2D eigenvalue weighted by atomic mass is 10.0. The van der Waals surface area contributed by atoms with E-state index in [1.54, 1.807) is 7.11 Å². The van der Waals surface area contributed by atoms with Crippen molar-refractivity contribution in [1.29, 1.82) is 0 Å². The van der Waals surface area contributed by atoms with E-state index in [1.165, 1.54) is 25.8 Å². The second kappa shape index (κ2) is 9.40. The van der Waals surface area contributed by atoms with E-state index in [2.05, 4.69) is 33.5 Å². The smallest absolute Gasteiger partial charge is 0.191 e. The highest BCUT2D eigenvalue weighted by molar-refractivity contribution is 5.79. The lowest BCUT2D eigenvalue weighted by Crippen LogP contribution is -2.48. The predicted molar refractivity (Wildman–Crippen MR) is 96.1 cm³/mol. The zero-order valence-electron chi connectivity index (χ0n) is 14.6. The Balaban J connectivity index is 1.83. The third kappa shape index (κ3) is 5.13. The van der Waals surface area contributed by atoms with Crippen molar-refractivity contribution >= 4 is 5.96 Å². The fraction of sp³-hybridized carbons (Fsp3) is 0.611. The van der Waals surface area contributed by atoms with Gasteiger partial charge in [0.2, 0.25) is 0 Å². The summed E-state index contributed by atoms with van der Waals surface area (Å²) in [6.45, 7) is 6.23. The van der Waals surface area contributed by atoms with Gasteiger partial charge < -0.3 is 15.4 Å². The summed E-state index contributed by atoms with van der Waals surface area (Å²) in [5.41, 5.74) is 1.13. The Labute approximate surface area is 140 Å². The lowest BCUT2D eigenvalue weighted by Gasteiger charge is -2.35. The third-order valence-corrected chi connectivity index (χ3v) is 4.52. The van der Waals surface area contributed by atoms with Gasteiger partial charge in [0.15, 0.2) is 5.96 Å². The molecule has 0 aliphatic carbocycles. The number of nitrogens with zero attached hydrogens (tertiary/aromatic N) is 2. The number of piperidine rings is 1. The Bertz CT molecular complexity index is 504. The number of likely N-dealkylation sites (N-methyl/N-ethyl adjacent to an activating group) is 1. The Morgan fingerprint density at radius 1 is 1.30 bits per heavy atom. The van der Waals surface area contributed by atoms with E-state index >= 15 is 0 Å². The molecule has 1 heterocycles. The maximum absolute atomic E-state index is 5.39. The molecule has 1 atom stereocenters. The minimum absolute atomic E-state index is 0.610. The molecule has 0 saturated carbocycles. The molecule has 1 saturated heterocycles. The van der Waals surface area contributed by atoms with Gasteiger partial charge in [-0.25, -0.2) is 0 Å². The first kappa shape index (κ1) is 17.6. The molecule has 1 aliphatic heterocycles. The van der Waals surface area contributed by atoms with Crippen molar-refractivity contribution in [3.8, 4) is 5.75 Å². The highest BCUT2D eigenvalue weighted by Gasteiger charge is 2.20. The number of nitrogens with one attached hydrogen (secondary N) is 2. The molecule has 0 aromatic heterocycles. The van der Waals surface area contributed by atoms with Gasteiger partial charge in [0, 0.05) is 31.7 Å². The molecule has 0 amide bonds. The van der Waals surface area contributed by atoms with Crippen LogP contribution in [0.5, 0.6) is 5.75 Å². The zero-order chi connectivity index (χ0) is 16.5. The van der Waals surface area contributed by atoms with Crippen LogP contribution in [0.3, 0.4) is 0 Å². The largest absolute Gasteiger partial charge is 0.496 e. The number of rotatable bonds is 6. The number of benzene rings is 1. The number of ether oxygens (including phenoxy) is 1. The van der Waals surface area contributed by atoms with Crippen molar-refractivity contribution in [3.05, 3.63) is 29.8 Å². The van der Waals surface area contributed by atoms with Crippen LogP contribution in [0, 0.1) is 0 Å². The summed E-state index contributed by atoms with van der Waals surface area (Å²) in [5.74, 6) is 1.75. The summed E-state index contributed by atoms with van der Waals surface area (Å²) in [6.07, 6.45) is 3.92. The van der Waals surface area contributed by atoms with Crippen LogP contribution < -0.4 is 15.4 Å². The van der Waals surface area contributed by atoms with Crippen LogP contribution in [0.2, 0.25) is 0 Å². The molecule has 1 fully saturated rings. The molecule has 5 nitrogen and oxygen atoms in total. The van der Waals surface area contributed by atoms with Gasteiger partial charge in [-0.05, 0) is 32.0 Å². The van der Waals surface area contributed by atoms with E-state index < -0.39 is 0 Å². The fourth-order valence-corrected chi connectivity index (χ4v) is 3.17. The van der Waals surface area contributed by atoms with Crippen LogP contribution in [0.15, 0.2) is 29.3 Å². The van der Waals surface area contributed by atoms with Crippen molar-refractivity contribution < 1.29 is 4.74 Å². The van der Waals surface area contributed by atoms with E-state index in [9.17, 15) is 0 Å². The minimum atomic E-state index is 0.610. The van der Waals surface area contributed by atoms with Crippen molar-refractivity contribution in [1.82, 2.24) is 15.5 Å². The molecule has 0 spiro atoms. The number of guanidine groups is 1. The molecule has 128 valence electrons. The molecular weight excluding hydrogens is 288 g/mol. The first-order chi connectivity index (χ1) is 11.3. The zero-order valence-corrected chi connectivity index (χ0v) is 14.6. The second-order valence-corrected chi connectivity index (χ2v) is 5.90. The van der Waals surface area contributed by atoms with Gasteiger partial charge in [0.1, 0.15) is 5.75 Å².